The molecule has 4 rings (SSSR count). The fourth-order valence-electron chi connectivity index (χ4n) is 4.94. The molecule has 1 aliphatic rings. The Bertz CT molecular complexity index is 1270. The van der Waals surface area contributed by atoms with Crippen molar-refractivity contribution in [3.05, 3.63) is 108 Å². The standard InChI is InChI=1S/C32H38BNO3Si/c1-24(26-14-10-8-11-15-26)29(22-33-36-31(2,3)32(4,5)37-33)30(27-20-18-25(23-34)19-21-27)35-38(6,7)28-16-12-9-13-17-28/h8-21,29-30H,1,22H2,2-7H3/t29-,30-/m1/s1. The van der Waals surface area contributed by atoms with Gasteiger partial charge < -0.3 is 13.7 Å². The summed E-state index contributed by atoms with van der Waals surface area (Å²) in [7, 11) is -2.76. The van der Waals surface area contributed by atoms with E-state index < -0.39 is 26.6 Å². The molecular formula is C32H38BNO3Si. The second-order valence-electron chi connectivity index (χ2n) is 11.6. The van der Waals surface area contributed by atoms with Gasteiger partial charge in [-0.2, -0.15) is 5.26 Å². The van der Waals surface area contributed by atoms with Crippen LogP contribution in [0.15, 0.2) is 91.5 Å². The first-order chi connectivity index (χ1) is 17.9. The molecule has 1 aliphatic heterocycles. The molecule has 0 amide bonds. The average Bonchev–Trinajstić information content (AvgIpc) is 3.12. The molecule has 3 aromatic carbocycles. The van der Waals surface area contributed by atoms with E-state index in [0.29, 0.717) is 11.9 Å². The van der Waals surface area contributed by atoms with Crippen LogP contribution in [0.1, 0.15) is 50.5 Å². The van der Waals surface area contributed by atoms with E-state index in [9.17, 15) is 5.26 Å². The van der Waals surface area contributed by atoms with E-state index >= 15 is 0 Å². The van der Waals surface area contributed by atoms with Gasteiger partial charge in [0.1, 0.15) is 0 Å². The summed E-state index contributed by atoms with van der Waals surface area (Å²) in [6.45, 7) is 17.4. The predicted octanol–water partition coefficient (Wildman–Crippen LogP) is 7.15. The van der Waals surface area contributed by atoms with E-state index in [2.05, 4.69) is 89.8 Å². The molecule has 196 valence electrons. The van der Waals surface area contributed by atoms with E-state index in [4.69, 9.17) is 13.7 Å². The second-order valence-corrected chi connectivity index (χ2v) is 15.4. The zero-order valence-corrected chi connectivity index (χ0v) is 24.4. The van der Waals surface area contributed by atoms with E-state index in [0.717, 1.165) is 16.7 Å². The summed E-state index contributed by atoms with van der Waals surface area (Å²) < 4.78 is 20.1. The van der Waals surface area contributed by atoms with Crippen molar-refractivity contribution in [3.8, 4) is 6.07 Å². The lowest BCUT2D eigenvalue weighted by Gasteiger charge is -2.36. The summed E-state index contributed by atoms with van der Waals surface area (Å²) in [6.07, 6.45) is 0.279. The van der Waals surface area contributed by atoms with Crippen LogP contribution in [0.25, 0.3) is 5.57 Å². The number of rotatable bonds is 9. The lowest BCUT2D eigenvalue weighted by Crippen LogP contribution is -2.47. The van der Waals surface area contributed by atoms with Gasteiger partial charge in [0.2, 0.25) is 8.32 Å². The number of hydrogen-bond acceptors (Lipinski definition) is 4. The van der Waals surface area contributed by atoms with E-state index in [-0.39, 0.29) is 12.0 Å². The molecule has 0 N–H and O–H groups in total. The summed E-state index contributed by atoms with van der Waals surface area (Å²) in [4.78, 5) is 0. The van der Waals surface area contributed by atoms with Gasteiger partial charge in [-0.3, -0.25) is 0 Å². The molecule has 0 aliphatic carbocycles. The minimum absolute atomic E-state index is 0.129. The third kappa shape index (κ3) is 6.03. The maximum atomic E-state index is 9.41. The van der Waals surface area contributed by atoms with Crippen LogP contribution in [0.4, 0.5) is 0 Å². The van der Waals surface area contributed by atoms with Crippen molar-refractivity contribution in [2.45, 2.75) is 64.4 Å². The van der Waals surface area contributed by atoms with Gasteiger partial charge in [-0.1, -0.05) is 79.4 Å². The van der Waals surface area contributed by atoms with Crippen LogP contribution in [-0.4, -0.2) is 26.6 Å². The molecule has 1 fully saturated rings. The highest BCUT2D eigenvalue weighted by Crippen LogP contribution is 2.45. The van der Waals surface area contributed by atoms with Crippen molar-refractivity contribution >= 4 is 26.2 Å². The third-order valence-electron chi connectivity index (χ3n) is 7.96. The van der Waals surface area contributed by atoms with Gasteiger partial charge in [-0.15, -0.1) is 0 Å². The number of hydrogen-bond donors (Lipinski definition) is 0. The largest absolute Gasteiger partial charge is 0.458 e. The molecule has 0 spiro atoms. The highest BCUT2D eigenvalue weighted by atomic mass is 28.4. The molecule has 6 heteroatoms. The van der Waals surface area contributed by atoms with Crippen molar-refractivity contribution in [1.29, 1.82) is 5.26 Å². The molecule has 0 aromatic heterocycles. The van der Waals surface area contributed by atoms with E-state index in [1.165, 1.54) is 5.19 Å². The normalized spacial score (nSPS) is 18.0. The average molecular weight is 524 g/mol. The van der Waals surface area contributed by atoms with Crippen LogP contribution in [0.3, 0.4) is 0 Å². The molecule has 2 atom stereocenters. The first-order valence-corrected chi connectivity index (χ1v) is 16.2. The van der Waals surface area contributed by atoms with Crippen molar-refractivity contribution in [2.24, 2.45) is 5.92 Å². The Labute approximate surface area is 229 Å². The second kappa shape index (κ2) is 11.0. The first kappa shape index (κ1) is 28.1. The SMILES string of the molecule is C=C(c1ccccc1)[C@@H](CB1OC(C)(C)C(C)(C)O1)[C@H](O[Si](C)(C)c1ccccc1)c1ccc(C#N)cc1. The highest BCUT2D eigenvalue weighted by molar-refractivity contribution is 6.84. The molecule has 3 aromatic rings. The Kier molecular flexibility index (Phi) is 8.15. The lowest BCUT2D eigenvalue weighted by atomic mass is 9.70. The van der Waals surface area contributed by atoms with E-state index in [1.807, 2.05) is 48.5 Å². The molecule has 38 heavy (non-hydrogen) atoms. The molecular weight excluding hydrogens is 485 g/mol. The Hall–Kier alpha value is -2.95. The zero-order chi connectivity index (χ0) is 27.6. The van der Waals surface area contributed by atoms with Crippen LogP contribution < -0.4 is 5.19 Å². The lowest BCUT2D eigenvalue weighted by molar-refractivity contribution is 0.00578. The Morgan fingerprint density at radius 3 is 1.95 bits per heavy atom. The van der Waals surface area contributed by atoms with Gasteiger partial charge in [-0.25, -0.2) is 0 Å². The van der Waals surface area contributed by atoms with Crippen LogP contribution in [0.5, 0.6) is 0 Å². The third-order valence-corrected chi connectivity index (χ3v) is 10.5. The van der Waals surface area contributed by atoms with Gasteiger partial charge in [0, 0.05) is 5.92 Å². The summed E-state index contributed by atoms with van der Waals surface area (Å²) in [6, 6.07) is 30.7. The van der Waals surface area contributed by atoms with Gasteiger partial charge >= 0.3 is 7.12 Å². The molecule has 0 unspecified atom stereocenters. The molecule has 4 nitrogen and oxygen atoms in total. The Balaban J connectivity index is 1.78. The fourth-order valence-corrected chi connectivity index (χ4v) is 7.00. The maximum absolute atomic E-state index is 9.41. The molecule has 0 saturated carbocycles. The van der Waals surface area contributed by atoms with Crippen molar-refractivity contribution in [1.82, 2.24) is 0 Å². The Morgan fingerprint density at radius 2 is 1.42 bits per heavy atom. The fraction of sp³-hybridized carbons (Fsp3) is 0.344. The van der Waals surface area contributed by atoms with Crippen LogP contribution in [0, 0.1) is 17.2 Å². The maximum Gasteiger partial charge on any atom is 0.458 e. The van der Waals surface area contributed by atoms with Gasteiger partial charge in [0.05, 0.1) is 28.9 Å². The van der Waals surface area contributed by atoms with Crippen LogP contribution in [0.2, 0.25) is 19.4 Å². The molecule has 0 radical (unpaired) electrons. The monoisotopic (exact) mass is 523 g/mol. The Morgan fingerprint density at radius 1 is 0.895 bits per heavy atom. The molecule has 1 heterocycles. The topological polar surface area (TPSA) is 51.5 Å². The number of nitrogens with zero attached hydrogens (tertiary/aromatic N) is 1. The van der Waals surface area contributed by atoms with Gasteiger partial charge in [-0.05, 0) is 81.1 Å². The first-order valence-electron chi connectivity index (χ1n) is 13.3. The van der Waals surface area contributed by atoms with Gasteiger partial charge in [0.25, 0.3) is 0 Å². The molecule has 0 bridgehead atoms. The van der Waals surface area contributed by atoms with Crippen molar-refractivity contribution < 1.29 is 13.7 Å². The summed E-state index contributed by atoms with van der Waals surface area (Å²) in [5.41, 5.74) is 2.82. The zero-order valence-electron chi connectivity index (χ0n) is 23.4. The number of nitriles is 1. The summed E-state index contributed by atoms with van der Waals surface area (Å²) in [5.74, 6) is -0.129. The van der Waals surface area contributed by atoms with Crippen LogP contribution in [-0.2, 0) is 13.7 Å². The quantitative estimate of drug-likeness (QED) is 0.280. The molecule has 1 saturated heterocycles. The predicted molar refractivity (Wildman–Crippen MR) is 158 cm³/mol. The van der Waals surface area contributed by atoms with E-state index in [1.54, 1.807) is 0 Å². The summed E-state index contributed by atoms with van der Waals surface area (Å²) in [5, 5.41) is 10.6. The smallest absolute Gasteiger partial charge is 0.405 e. The van der Waals surface area contributed by atoms with Gasteiger partial charge in [0.15, 0.2) is 0 Å². The van der Waals surface area contributed by atoms with Crippen molar-refractivity contribution in [2.75, 3.05) is 0 Å². The summed E-state index contributed by atoms with van der Waals surface area (Å²) >= 11 is 0. The highest BCUT2D eigenvalue weighted by Gasteiger charge is 2.52. The number of benzene rings is 3. The van der Waals surface area contributed by atoms with Crippen molar-refractivity contribution in [3.63, 3.8) is 0 Å². The minimum atomic E-state index is -2.36. The van der Waals surface area contributed by atoms with Crippen LogP contribution >= 0.6 is 0 Å². The minimum Gasteiger partial charge on any atom is -0.405 e.